The van der Waals surface area contributed by atoms with Crippen LogP contribution in [0.2, 0.25) is 0 Å². The number of likely N-dealkylation sites (tertiary alicyclic amines) is 1. The molecular formula is C16H24N4O. The maximum absolute atomic E-state index is 12.7. The number of piperidine rings is 1. The third kappa shape index (κ3) is 3.24. The maximum Gasteiger partial charge on any atom is 0.227 e. The Balaban J connectivity index is 1.70. The van der Waals surface area contributed by atoms with Gasteiger partial charge < -0.3 is 4.90 Å². The molecular weight excluding hydrogens is 264 g/mol. The number of aromatic nitrogens is 1. The average molecular weight is 288 g/mol. The highest BCUT2D eigenvalue weighted by atomic mass is 16.2. The van der Waals surface area contributed by atoms with Crippen molar-refractivity contribution in [3.63, 3.8) is 0 Å². The first-order chi connectivity index (χ1) is 10.3. The van der Waals surface area contributed by atoms with E-state index in [9.17, 15) is 4.79 Å². The molecule has 2 fully saturated rings. The molecule has 1 amide bonds. The first-order valence-corrected chi connectivity index (χ1v) is 7.92. The zero-order chi connectivity index (χ0) is 14.7. The topological polar surface area (TPSA) is 57.3 Å². The van der Waals surface area contributed by atoms with E-state index in [0.29, 0.717) is 24.4 Å². The first-order valence-electron chi connectivity index (χ1n) is 7.92. The summed E-state index contributed by atoms with van der Waals surface area (Å²) in [6, 6.07) is 4.54. The molecule has 3 atom stereocenters. The highest BCUT2D eigenvalue weighted by Crippen LogP contribution is 2.25. The van der Waals surface area contributed by atoms with Gasteiger partial charge in [0.25, 0.3) is 0 Å². The summed E-state index contributed by atoms with van der Waals surface area (Å²) in [6.07, 6.45) is 7.42. The van der Waals surface area contributed by atoms with Gasteiger partial charge >= 0.3 is 0 Å². The van der Waals surface area contributed by atoms with Crippen LogP contribution in [0, 0.1) is 5.92 Å². The normalized spacial score (nSPS) is 29.6. The van der Waals surface area contributed by atoms with Crippen molar-refractivity contribution in [2.45, 2.75) is 44.7 Å². The highest BCUT2D eigenvalue weighted by Gasteiger charge is 2.37. The van der Waals surface area contributed by atoms with E-state index in [-0.39, 0.29) is 5.91 Å². The fraction of sp³-hybridized carbons (Fsp3) is 0.625. The van der Waals surface area contributed by atoms with Gasteiger partial charge in [0, 0.05) is 37.6 Å². The maximum atomic E-state index is 12.7. The van der Waals surface area contributed by atoms with E-state index in [0.717, 1.165) is 31.5 Å². The van der Waals surface area contributed by atoms with Gasteiger partial charge in [0.15, 0.2) is 0 Å². The number of amides is 1. The number of pyridine rings is 1. The van der Waals surface area contributed by atoms with Crippen molar-refractivity contribution in [2.75, 3.05) is 13.1 Å². The summed E-state index contributed by atoms with van der Waals surface area (Å²) in [7, 11) is 0. The van der Waals surface area contributed by atoms with E-state index in [1.54, 1.807) is 12.4 Å². The van der Waals surface area contributed by atoms with Crippen molar-refractivity contribution in [2.24, 2.45) is 5.92 Å². The molecule has 3 unspecified atom stereocenters. The molecule has 0 radical (unpaired) electrons. The Morgan fingerprint density at radius 2 is 2.38 bits per heavy atom. The molecule has 2 aliphatic heterocycles. The molecule has 114 valence electrons. The number of rotatable bonds is 3. The summed E-state index contributed by atoms with van der Waals surface area (Å²) in [5.41, 5.74) is 7.60. The minimum atomic E-state index is 0.230. The standard InChI is InChI=1S/C16H24N4O/c1-12-10-18-19-16(12)14-6-2-3-8-20(14)15(21)9-13-5-4-7-17-11-13/h4-5,7,11-12,14,16,18-19H,2-3,6,8-10H2,1H3. The van der Waals surface area contributed by atoms with Gasteiger partial charge in [-0.25, -0.2) is 0 Å². The zero-order valence-electron chi connectivity index (χ0n) is 12.6. The predicted molar refractivity (Wildman–Crippen MR) is 81.4 cm³/mol. The van der Waals surface area contributed by atoms with Crippen molar-refractivity contribution in [3.05, 3.63) is 30.1 Å². The molecule has 21 heavy (non-hydrogen) atoms. The molecule has 0 spiro atoms. The van der Waals surface area contributed by atoms with E-state index in [2.05, 4.69) is 27.7 Å². The molecule has 0 saturated carbocycles. The Morgan fingerprint density at radius 1 is 1.48 bits per heavy atom. The van der Waals surface area contributed by atoms with E-state index >= 15 is 0 Å². The average Bonchev–Trinajstić information content (AvgIpc) is 2.94. The van der Waals surface area contributed by atoms with Gasteiger partial charge in [-0.3, -0.25) is 20.6 Å². The lowest BCUT2D eigenvalue weighted by molar-refractivity contribution is -0.135. The summed E-state index contributed by atoms with van der Waals surface area (Å²) < 4.78 is 0. The highest BCUT2D eigenvalue weighted by molar-refractivity contribution is 5.79. The van der Waals surface area contributed by atoms with E-state index in [4.69, 9.17) is 0 Å². The minimum absolute atomic E-state index is 0.230. The molecule has 3 rings (SSSR count). The third-order valence-electron chi connectivity index (χ3n) is 4.67. The zero-order valence-corrected chi connectivity index (χ0v) is 12.6. The van der Waals surface area contributed by atoms with Crippen LogP contribution in [0.5, 0.6) is 0 Å². The lowest BCUT2D eigenvalue weighted by Gasteiger charge is -2.40. The van der Waals surface area contributed by atoms with Crippen LogP contribution >= 0.6 is 0 Å². The number of hydrogen-bond acceptors (Lipinski definition) is 4. The molecule has 3 heterocycles. The largest absolute Gasteiger partial charge is 0.338 e. The van der Waals surface area contributed by atoms with Gasteiger partial charge in [-0.05, 0) is 36.8 Å². The molecule has 5 nitrogen and oxygen atoms in total. The van der Waals surface area contributed by atoms with Crippen LogP contribution in [0.15, 0.2) is 24.5 Å². The molecule has 0 aliphatic carbocycles. The van der Waals surface area contributed by atoms with Crippen LogP contribution < -0.4 is 10.9 Å². The third-order valence-corrected chi connectivity index (χ3v) is 4.67. The van der Waals surface area contributed by atoms with Crippen LogP contribution in [0.3, 0.4) is 0 Å². The molecule has 2 N–H and O–H groups in total. The predicted octanol–water partition coefficient (Wildman–Crippen LogP) is 1.12. The second-order valence-electron chi connectivity index (χ2n) is 6.22. The second-order valence-corrected chi connectivity index (χ2v) is 6.22. The first kappa shape index (κ1) is 14.5. The Hall–Kier alpha value is -1.46. The lowest BCUT2D eigenvalue weighted by atomic mass is 9.89. The fourth-order valence-electron chi connectivity index (χ4n) is 3.50. The van der Waals surface area contributed by atoms with E-state index < -0.39 is 0 Å². The van der Waals surface area contributed by atoms with Gasteiger partial charge in [0.05, 0.1) is 6.42 Å². The lowest BCUT2D eigenvalue weighted by Crippen LogP contribution is -2.55. The fourth-order valence-corrected chi connectivity index (χ4v) is 3.50. The Labute approximate surface area is 126 Å². The number of hydrazine groups is 1. The Morgan fingerprint density at radius 3 is 3.10 bits per heavy atom. The van der Waals surface area contributed by atoms with Crippen LogP contribution in [0.1, 0.15) is 31.7 Å². The molecule has 0 bridgehead atoms. The van der Waals surface area contributed by atoms with Crippen LogP contribution in [-0.2, 0) is 11.2 Å². The Kier molecular flexibility index (Phi) is 4.51. The number of carbonyl (C=O) groups is 1. The van der Waals surface area contributed by atoms with Gasteiger partial charge in [-0.15, -0.1) is 0 Å². The number of nitrogens with one attached hydrogen (secondary N) is 2. The summed E-state index contributed by atoms with van der Waals surface area (Å²) in [6.45, 7) is 4.11. The quantitative estimate of drug-likeness (QED) is 0.875. The van der Waals surface area contributed by atoms with Crippen LogP contribution in [0.25, 0.3) is 0 Å². The Bertz CT molecular complexity index is 478. The summed E-state index contributed by atoms with van der Waals surface area (Å²) in [4.78, 5) is 18.9. The van der Waals surface area contributed by atoms with Crippen molar-refractivity contribution in [1.82, 2.24) is 20.7 Å². The van der Waals surface area contributed by atoms with Gasteiger partial charge in [0.2, 0.25) is 5.91 Å². The van der Waals surface area contributed by atoms with Crippen LogP contribution in [-0.4, -0.2) is 41.0 Å². The smallest absolute Gasteiger partial charge is 0.227 e. The SMILES string of the molecule is CC1CNNC1C1CCCCN1C(=O)Cc1cccnc1. The molecule has 1 aromatic heterocycles. The molecule has 2 aliphatic rings. The van der Waals surface area contributed by atoms with Crippen molar-refractivity contribution in [1.29, 1.82) is 0 Å². The van der Waals surface area contributed by atoms with Crippen molar-refractivity contribution >= 4 is 5.91 Å². The summed E-state index contributed by atoms with van der Waals surface area (Å²) in [5.74, 6) is 0.787. The van der Waals surface area contributed by atoms with E-state index in [1.165, 1.54) is 6.42 Å². The van der Waals surface area contributed by atoms with E-state index in [1.807, 2.05) is 12.1 Å². The van der Waals surface area contributed by atoms with Gasteiger partial charge in [-0.1, -0.05) is 13.0 Å². The summed E-state index contributed by atoms with van der Waals surface area (Å²) in [5, 5.41) is 0. The molecule has 1 aromatic rings. The number of hydrogen-bond donors (Lipinski definition) is 2. The van der Waals surface area contributed by atoms with Gasteiger partial charge in [-0.2, -0.15) is 0 Å². The molecule has 0 aromatic carbocycles. The summed E-state index contributed by atoms with van der Waals surface area (Å²) >= 11 is 0. The van der Waals surface area contributed by atoms with Crippen molar-refractivity contribution in [3.8, 4) is 0 Å². The van der Waals surface area contributed by atoms with Crippen LogP contribution in [0.4, 0.5) is 0 Å². The number of nitrogens with zero attached hydrogens (tertiary/aromatic N) is 2. The van der Waals surface area contributed by atoms with Crippen molar-refractivity contribution < 1.29 is 4.79 Å². The monoisotopic (exact) mass is 288 g/mol. The second kappa shape index (κ2) is 6.54. The number of carbonyl (C=O) groups excluding carboxylic acids is 1. The molecule has 5 heteroatoms. The molecule has 2 saturated heterocycles. The minimum Gasteiger partial charge on any atom is -0.338 e. The van der Waals surface area contributed by atoms with Gasteiger partial charge in [0.1, 0.15) is 0 Å².